The molecule has 2 heterocycles. The van der Waals surface area contributed by atoms with E-state index in [1.54, 1.807) is 42.5 Å². The number of barbiturate groups is 1. The molecule has 3 aromatic rings. The third-order valence-electron chi connectivity index (χ3n) is 5.20. The van der Waals surface area contributed by atoms with Crippen molar-refractivity contribution in [1.82, 2.24) is 5.32 Å². The van der Waals surface area contributed by atoms with E-state index in [9.17, 15) is 18.8 Å². The quantitative estimate of drug-likeness (QED) is 0.460. The summed E-state index contributed by atoms with van der Waals surface area (Å²) in [4.78, 5) is 38.9. The molecule has 8 nitrogen and oxygen atoms in total. The standard InChI is InChI=1S/C25H17FN2O6/c26-17-6-4-15(5-7-17)13-32-19-3-1-2-16(10-19)11-20-23(29)27-25(31)28(24(20)30)18-8-9-21-22(12-18)34-14-33-21/h1-12H,13-14H2,(H,27,29,31)/b20-11+. The van der Waals surface area contributed by atoms with Crippen molar-refractivity contribution in [2.75, 3.05) is 11.7 Å². The maximum atomic E-state index is 13.1. The minimum absolute atomic E-state index is 0.0438. The molecule has 1 N–H and O–H groups in total. The maximum absolute atomic E-state index is 13.1. The zero-order valence-electron chi connectivity index (χ0n) is 17.6. The molecule has 0 bridgehead atoms. The molecule has 0 saturated carbocycles. The van der Waals surface area contributed by atoms with Crippen molar-refractivity contribution >= 4 is 29.6 Å². The fourth-order valence-corrected chi connectivity index (χ4v) is 3.52. The number of rotatable bonds is 5. The first-order chi connectivity index (χ1) is 16.5. The molecule has 3 aromatic carbocycles. The van der Waals surface area contributed by atoms with E-state index >= 15 is 0 Å². The summed E-state index contributed by atoms with van der Waals surface area (Å²) in [5.74, 6) is -0.522. The van der Waals surface area contributed by atoms with Gasteiger partial charge in [0.1, 0.15) is 23.7 Å². The summed E-state index contributed by atoms with van der Waals surface area (Å²) in [5.41, 5.74) is 1.33. The van der Waals surface area contributed by atoms with E-state index in [0.717, 1.165) is 10.5 Å². The fraction of sp³-hybridized carbons (Fsp3) is 0.0800. The molecule has 0 aliphatic carbocycles. The number of halogens is 1. The number of fused-ring (bicyclic) bond motifs is 1. The van der Waals surface area contributed by atoms with Crippen molar-refractivity contribution < 1.29 is 33.0 Å². The summed E-state index contributed by atoms with van der Waals surface area (Å²) in [6.07, 6.45) is 1.38. The van der Waals surface area contributed by atoms with Crippen molar-refractivity contribution in [2.24, 2.45) is 0 Å². The lowest BCUT2D eigenvalue weighted by molar-refractivity contribution is -0.122. The predicted molar refractivity (Wildman–Crippen MR) is 119 cm³/mol. The summed E-state index contributed by atoms with van der Waals surface area (Å²) in [5, 5.41) is 2.19. The highest BCUT2D eigenvalue weighted by molar-refractivity contribution is 6.39. The van der Waals surface area contributed by atoms with Crippen LogP contribution in [0, 0.1) is 5.82 Å². The lowest BCUT2D eigenvalue weighted by atomic mass is 10.1. The molecule has 0 atom stereocenters. The molecule has 0 unspecified atom stereocenters. The van der Waals surface area contributed by atoms with E-state index in [1.807, 2.05) is 0 Å². The Hall–Kier alpha value is -4.66. The first-order valence-electron chi connectivity index (χ1n) is 10.3. The van der Waals surface area contributed by atoms with Crippen LogP contribution in [0.3, 0.4) is 0 Å². The van der Waals surface area contributed by atoms with Crippen LogP contribution < -0.4 is 24.4 Å². The molecule has 1 saturated heterocycles. The van der Waals surface area contributed by atoms with Gasteiger partial charge < -0.3 is 14.2 Å². The Labute approximate surface area is 193 Å². The Morgan fingerprint density at radius 2 is 1.76 bits per heavy atom. The van der Waals surface area contributed by atoms with Gasteiger partial charge >= 0.3 is 6.03 Å². The molecule has 2 aliphatic rings. The molecule has 5 rings (SSSR count). The van der Waals surface area contributed by atoms with E-state index < -0.39 is 17.8 Å². The second kappa shape index (κ2) is 8.70. The minimum atomic E-state index is -0.859. The maximum Gasteiger partial charge on any atom is 0.335 e. The van der Waals surface area contributed by atoms with Gasteiger partial charge in [0, 0.05) is 6.07 Å². The van der Waals surface area contributed by atoms with Gasteiger partial charge in [-0.05, 0) is 53.6 Å². The number of carbonyl (C=O) groups is 3. The van der Waals surface area contributed by atoms with Crippen LogP contribution >= 0.6 is 0 Å². The van der Waals surface area contributed by atoms with Crippen LogP contribution in [0.15, 0.2) is 72.3 Å². The molecule has 9 heteroatoms. The van der Waals surface area contributed by atoms with Crippen LogP contribution in [-0.4, -0.2) is 24.6 Å². The number of anilines is 1. The number of nitrogens with zero attached hydrogens (tertiary/aromatic N) is 1. The minimum Gasteiger partial charge on any atom is -0.489 e. The van der Waals surface area contributed by atoms with Crippen LogP contribution in [0.1, 0.15) is 11.1 Å². The van der Waals surface area contributed by atoms with Crippen LogP contribution in [0.25, 0.3) is 6.08 Å². The van der Waals surface area contributed by atoms with Gasteiger partial charge in [-0.25, -0.2) is 14.1 Å². The first kappa shape index (κ1) is 21.2. The third-order valence-corrected chi connectivity index (χ3v) is 5.20. The van der Waals surface area contributed by atoms with Crippen molar-refractivity contribution in [3.05, 3.63) is 89.2 Å². The molecule has 0 spiro atoms. The molecule has 4 amide bonds. The molecular formula is C25H17FN2O6. The molecule has 1 fully saturated rings. The molecule has 34 heavy (non-hydrogen) atoms. The monoisotopic (exact) mass is 460 g/mol. The van der Waals surface area contributed by atoms with Gasteiger partial charge in [0.2, 0.25) is 6.79 Å². The van der Waals surface area contributed by atoms with E-state index in [4.69, 9.17) is 14.2 Å². The number of amides is 4. The highest BCUT2D eigenvalue weighted by atomic mass is 19.1. The highest BCUT2D eigenvalue weighted by Gasteiger charge is 2.37. The van der Waals surface area contributed by atoms with Crippen LogP contribution in [0.4, 0.5) is 14.9 Å². The number of ether oxygens (including phenoxy) is 3. The number of hydrogen-bond donors (Lipinski definition) is 1. The third kappa shape index (κ3) is 4.18. The second-order valence-electron chi connectivity index (χ2n) is 7.48. The van der Waals surface area contributed by atoms with E-state index in [2.05, 4.69) is 5.32 Å². The van der Waals surface area contributed by atoms with E-state index in [0.29, 0.717) is 22.8 Å². The van der Waals surface area contributed by atoms with Gasteiger partial charge in [0.05, 0.1) is 5.69 Å². The number of carbonyl (C=O) groups excluding carboxylic acids is 3. The SMILES string of the molecule is O=C1NC(=O)N(c2ccc3c(c2)OCO3)C(=O)/C1=C/c1cccc(OCc2ccc(F)cc2)c1. The van der Waals surface area contributed by atoms with Crippen molar-refractivity contribution in [3.63, 3.8) is 0 Å². The number of urea groups is 1. The Balaban J connectivity index is 1.38. The zero-order valence-corrected chi connectivity index (χ0v) is 17.6. The van der Waals surface area contributed by atoms with Crippen LogP contribution in [0.5, 0.6) is 17.2 Å². The number of hydrogen-bond acceptors (Lipinski definition) is 6. The Bertz CT molecular complexity index is 1340. The Morgan fingerprint density at radius 3 is 2.59 bits per heavy atom. The van der Waals surface area contributed by atoms with Crippen LogP contribution in [-0.2, 0) is 16.2 Å². The van der Waals surface area contributed by atoms with Gasteiger partial charge in [-0.2, -0.15) is 0 Å². The van der Waals surface area contributed by atoms with Gasteiger partial charge in [-0.1, -0.05) is 24.3 Å². The fourth-order valence-electron chi connectivity index (χ4n) is 3.52. The average molecular weight is 460 g/mol. The summed E-state index contributed by atoms with van der Waals surface area (Å²) in [6, 6.07) is 16.5. The van der Waals surface area contributed by atoms with Gasteiger partial charge in [-0.15, -0.1) is 0 Å². The van der Waals surface area contributed by atoms with E-state index in [1.165, 1.54) is 30.3 Å². The normalized spacial score (nSPS) is 16.1. The second-order valence-corrected chi connectivity index (χ2v) is 7.48. The zero-order chi connectivity index (χ0) is 23.7. The van der Waals surface area contributed by atoms with Gasteiger partial charge in [0.15, 0.2) is 11.5 Å². The van der Waals surface area contributed by atoms with Crippen molar-refractivity contribution in [2.45, 2.75) is 6.61 Å². The molecular weight excluding hydrogens is 443 g/mol. The summed E-state index contributed by atoms with van der Waals surface area (Å²) < 4.78 is 29.4. The molecule has 2 aliphatic heterocycles. The largest absolute Gasteiger partial charge is 0.489 e. The summed E-state index contributed by atoms with van der Waals surface area (Å²) in [7, 11) is 0. The highest BCUT2D eigenvalue weighted by Crippen LogP contribution is 2.36. The first-order valence-corrected chi connectivity index (χ1v) is 10.3. The predicted octanol–water partition coefficient (Wildman–Crippen LogP) is 3.80. The van der Waals surface area contributed by atoms with E-state index in [-0.39, 0.29) is 30.5 Å². The molecule has 0 radical (unpaired) electrons. The average Bonchev–Trinajstić information content (AvgIpc) is 3.30. The lowest BCUT2D eigenvalue weighted by Crippen LogP contribution is -2.54. The Morgan fingerprint density at radius 1 is 0.971 bits per heavy atom. The number of nitrogens with one attached hydrogen (secondary N) is 1. The van der Waals surface area contributed by atoms with Gasteiger partial charge in [-0.3, -0.25) is 14.9 Å². The lowest BCUT2D eigenvalue weighted by Gasteiger charge is -2.26. The summed E-state index contributed by atoms with van der Waals surface area (Å²) in [6.45, 7) is 0.258. The smallest absolute Gasteiger partial charge is 0.335 e. The van der Waals surface area contributed by atoms with Crippen LogP contribution in [0.2, 0.25) is 0 Å². The van der Waals surface area contributed by atoms with Gasteiger partial charge in [0.25, 0.3) is 11.8 Å². The summed E-state index contributed by atoms with van der Waals surface area (Å²) >= 11 is 0. The molecule has 0 aromatic heterocycles. The molecule has 170 valence electrons. The van der Waals surface area contributed by atoms with Crippen molar-refractivity contribution in [1.29, 1.82) is 0 Å². The number of benzene rings is 3. The topological polar surface area (TPSA) is 94.2 Å². The Kier molecular flexibility index (Phi) is 5.43. The number of imide groups is 2. The van der Waals surface area contributed by atoms with Crippen molar-refractivity contribution in [3.8, 4) is 17.2 Å².